The van der Waals surface area contributed by atoms with Gasteiger partial charge in [0.2, 0.25) is 0 Å². The third kappa shape index (κ3) is 5.73. The molecule has 0 spiro atoms. The number of rotatable bonds is 3. The van der Waals surface area contributed by atoms with Crippen molar-refractivity contribution in [3.63, 3.8) is 0 Å². The van der Waals surface area contributed by atoms with Crippen molar-refractivity contribution in [2.45, 2.75) is 83.1 Å². The number of carbonyl (C=O) groups is 1. The van der Waals surface area contributed by atoms with E-state index in [0.717, 1.165) is 18.4 Å². The molecule has 0 atom stereocenters. The summed E-state index contributed by atoms with van der Waals surface area (Å²) >= 11 is 0. The number of hydrogen-bond donors (Lipinski definition) is 1. The lowest BCUT2D eigenvalue weighted by molar-refractivity contribution is -0.117. The molecule has 2 saturated carbocycles. The van der Waals surface area contributed by atoms with Gasteiger partial charge in [0.1, 0.15) is 0 Å². The maximum absolute atomic E-state index is 12.7. The quantitative estimate of drug-likeness (QED) is 0.649. The van der Waals surface area contributed by atoms with Crippen molar-refractivity contribution >= 4 is 5.91 Å². The van der Waals surface area contributed by atoms with Gasteiger partial charge in [0, 0.05) is 11.6 Å². The van der Waals surface area contributed by atoms with Crippen LogP contribution in [0.2, 0.25) is 0 Å². The fourth-order valence-corrected chi connectivity index (χ4v) is 4.35. The largest absolute Gasteiger partial charge is 0.349 e. The van der Waals surface area contributed by atoms with Crippen LogP contribution in [0, 0.1) is 5.92 Å². The SMILES string of the molecule is O=C(NC1CCCCCC1)C1=C/C=C\C=C(C2CCCCCC2)/C=C\1. The van der Waals surface area contributed by atoms with E-state index in [9.17, 15) is 4.79 Å². The maximum atomic E-state index is 12.7. The van der Waals surface area contributed by atoms with Crippen LogP contribution in [0.4, 0.5) is 0 Å². The van der Waals surface area contributed by atoms with Gasteiger partial charge in [-0.2, -0.15) is 0 Å². The highest BCUT2D eigenvalue weighted by Gasteiger charge is 2.18. The molecule has 0 saturated heterocycles. The summed E-state index contributed by atoms with van der Waals surface area (Å²) in [5.74, 6) is 0.752. The molecule has 1 N–H and O–H groups in total. The number of hydrogen-bond acceptors (Lipinski definition) is 1. The van der Waals surface area contributed by atoms with E-state index in [4.69, 9.17) is 0 Å². The van der Waals surface area contributed by atoms with Crippen LogP contribution >= 0.6 is 0 Å². The summed E-state index contributed by atoms with van der Waals surface area (Å²) in [6.07, 6.45) is 27.9. The van der Waals surface area contributed by atoms with E-state index in [2.05, 4.69) is 23.5 Å². The molecule has 1 amide bonds. The van der Waals surface area contributed by atoms with Crippen LogP contribution in [0.5, 0.6) is 0 Å². The van der Waals surface area contributed by atoms with Crippen LogP contribution in [0.1, 0.15) is 77.0 Å². The summed E-state index contributed by atoms with van der Waals surface area (Å²) in [6.45, 7) is 0. The van der Waals surface area contributed by atoms with Gasteiger partial charge in [-0.1, -0.05) is 75.7 Å². The molecule has 0 aromatic heterocycles. The molecule has 0 aromatic carbocycles. The Morgan fingerprint density at radius 1 is 0.760 bits per heavy atom. The van der Waals surface area contributed by atoms with Gasteiger partial charge in [-0.05, 0) is 49.3 Å². The fraction of sp³-hybridized carbons (Fsp3) is 0.609. The predicted octanol–water partition coefficient (Wildman–Crippen LogP) is 5.77. The number of allylic oxidation sites excluding steroid dienone is 6. The third-order valence-corrected chi connectivity index (χ3v) is 5.91. The van der Waals surface area contributed by atoms with Gasteiger partial charge in [0.05, 0.1) is 0 Å². The topological polar surface area (TPSA) is 29.1 Å². The maximum Gasteiger partial charge on any atom is 0.251 e. The molecule has 0 radical (unpaired) electrons. The first-order valence-corrected chi connectivity index (χ1v) is 10.4. The second-order valence-corrected chi connectivity index (χ2v) is 7.86. The van der Waals surface area contributed by atoms with Crippen LogP contribution in [0.3, 0.4) is 0 Å². The zero-order chi connectivity index (χ0) is 17.3. The lowest BCUT2D eigenvalue weighted by Crippen LogP contribution is -2.35. The molecule has 3 aliphatic carbocycles. The van der Waals surface area contributed by atoms with Gasteiger partial charge >= 0.3 is 0 Å². The molecule has 3 rings (SSSR count). The van der Waals surface area contributed by atoms with E-state index < -0.39 is 0 Å². The van der Waals surface area contributed by atoms with E-state index in [1.54, 1.807) is 0 Å². The van der Waals surface area contributed by atoms with Gasteiger partial charge in [-0.15, -0.1) is 0 Å². The van der Waals surface area contributed by atoms with Crippen molar-refractivity contribution in [1.82, 2.24) is 5.32 Å². The van der Waals surface area contributed by atoms with Crippen LogP contribution < -0.4 is 5.32 Å². The highest BCUT2D eigenvalue weighted by atomic mass is 16.1. The molecular weight excluding hydrogens is 306 g/mol. The van der Waals surface area contributed by atoms with E-state index >= 15 is 0 Å². The molecule has 3 aliphatic rings. The predicted molar refractivity (Wildman–Crippen MR) is 105 cm³/mol. The van der Waals surface area contributed by atoms with Crippen molar-refractivity contribution in [3.8, 4) is 0 Å². The Kier molecular flexibility index (Phi) is 7.14. The first-order chi connectivity index (χ1) is 12.3. The fourth-order valence-electron chi connectivity index (χ4n) is 4.35. The monoisotopic (exact) mass is 339 g/mol. The second kappa shape index (κ2) is 9.79. The summed E-state index contributed by atoms with van der Waals surface area (Å²) < 4.78 is 0. The summed E-state index contributed by atoms with van der Waals surface area (Å²) in [7, 11) is 0. The lowest BCUT2D eigenvalue weighted by Gasteiger charge is -2.18. The zero-order valence-electron chi connectivity index (χ0n) is 15.5. The van der Waals surface area contributed by atoms with Crippen LogP contribution in [0.25, 0.3) is 0 Å². The van der Waals surface area contributed by atoms with E-state index in [-0.39, 0.29) is 5.91 Å². The van der Waals surface area contributed by atoms with Gasteiger partial charge in [-0.25, -0.2) is 0 Å². The smallest absolute Gasteiger partial charge is 0.251 e. The molecule has 0 unspecified atom stereocenters. The number of amides is 1. The van der Waals surface area contributed by atoms with E-state index in [1.165, 1.54) is 69.8 Å². The Bertz CT molecular complexity index is 551. The minimum Gasteiger partial charge on any atom is -0.349 e. The molecule has 2 heteroatoms. The summed E-state index contributed by atoms with van der Waals surface area (Å²) in [5.41, 5.74) is 2.19. The van der Waals surface area contributed by atoms with Crippen molar-refractivity contribution in [2.24, 2.45) is 5.92 Å². The van der Waals surface area contributed by atoms with Gasteiger partial charge in [0.25, 0.3) is 5.91 Å². The molecule has 2 fully saturated rings. The summed E-state index contributed by atoms with van der Waals surface area (Å²) in [5, 5.41) is 3.27. The van der Waals surface area contributed by atoms with E-state index in [1.807, 2.05) is 18.2 Å². The minimum atomic E-state index is 0.0925. The standard InChI is InChI=1S/C23H33NO/c25-23(24-22-15-7-3-4-8-16-22)21-14-10-9-13-20(17-18-21)19-11-5-1-2-6-12-19/h9-10,13-14,17-19,22H,1-8,11-12,15-16H2,(H,24,25)/b10-9-,13-9?,14-10?,18-17-,20-13+,20-17?,21-14+,21-18?. The minimum absolute atomic E-state index is 0.0925. The molecule has 0 heterocycles. The molecule has 0 aliphatic heterocycles. The summed E-state index contributed by atoms with van der Waals surface area (Å²) in [4.78, 5) is 12.7. The molecular formula is C23H33NO. The molecule has 2 nitrogen and oxygen atoms in total. The van der Waals surface area contributed by atoms with Crippen molar-refractivity contribution in [1.29, 1.82) is 0 Å². The van der Waals surface area contributed by atoms with E-state index in [0.29, 0.717) is 12.0 Å². The van der Waals surface area contributed by atoms with Crippen molar-refractivity contribution in [3.05, 3.63) is 47.6 Å². The van der Waals surface area contributed by atoms with Crippen molar-refractivity contribution < 1.29 is 4.79 Å². The Morgan fingerprint density at radius 3 is 2.04 bits per heavy atom. The zero-order valence-corrected chi connectivity index (χ0v) is 15.5. The highest BCUT2D eigenvalue weighted by Crippen LogP contribution is 2.30. The Hall–Kier alpha value is -1.57. The first kappa shape index (κ1) is 18.2. The Morgan fingerprint density at radius 2 is 1.36 bits per heavy atom. The van der Waals surface area contributed by atoms with Crippen molar-refractivity contribution in [2.75, 3.05) is 0 Å². The van der Waals surface area contributed by atoms with Crippen LogP contribution in [0.15, 0.2) is 47.6 Å². The normalized spacial score (nSPS) is 30.4. The number of nitrogens with one attached hydrogen (secondary N) is 1. The Balaban J connectivity index is 1.62. The lowest BCUT2D eigenvalue weighted by atomic mass is 9.90. The molecule has 0 aromatic rings. The van der Waals surface area contributed by atoms with Crippen LogP contribution in [-0.2, 0) is 4.79 Å². The van der Waals surface area contributed by atoms with Gasteiger partial charge < -0.3 is 5.32 Å². The summed E-state index contributed by atoms with van der Waals surface area (Å²) in [6, 6.07) is 0.357. The average Bonchev–Trinajstić information content (AvgIpc) is 3.00. The van der Waals surface area contributed by atoms with Gasteiger partial charge in [0.15, 0.2) is 0 Å². The van der Waals surface area contributed by atoms with Gasteiger partial charge in [-0.3, -0.25) is 4.79 Å². The van der Waals surface area contributed by atoms with Crippen LogP contribution in [-0.4, -0.2) is 11.9 Å². The molecule has 0 bridgehead atoms. The molecule has 136 valence electrons. The highest BCUT2D eigenvalue weighted by molar-refractivity contribution is 5.96. The third-order valence-electron chi connectivity index (χ3n) is 5.91. The Labute approximate surface area is 153 Å². The number of carbonyl (C=O) groups excluding carboxylic acids is 1. The molecule has 25 heavy (non-hydrogen) atoms. The second-order valence-electron chi connectivity index (χ2n) is 7.86. The first-order valence-electron chi connectivity index (χ1n) is 10.4. The average molecular weight is 340 g/mol.